The maximum atomic E-state index is 9.36. The zero-order chi connectivity index (χ0) is 12.4. The molecule has 4 nitrogen and oxygen atoms in total. The van der Waals surface area contributed by atoms with Crippen molar-refractivity contribution in [2.75, 3.05) is 0 Å². The molecular formula is C14H13N3O. The summed E-state index contributed by atoms with van der Waals surface area (Å²) in [5, 5.41) is 10.4. The van der Waals surface area contributed by atoms with Crippen molar-refractivity contribution >= 4 is 11.0 Å². The Kier molecular flexibility index (Phi) is 2.78. The van der Waals surface area contributed by atoms with E-state index >= 15 is 0 Å². The molecular weight excluding hydrogens is 226 g/mol. The first-order valence-corrected chi connectivity index (χ1v) is 5.82. The van der Waals surface area contributed by atoms with Crippen LogP contribution < -0.4 is 0 Å². The van der Waals surface area contributed by atoms with Crippen LogP contribution in [0.4, 0.5) is 0 Å². The molecule has 4 heteroatoms. The molecule has 0 aliphatic rings. The zero-order valence-electron chi connectivity index (χ0n) is 9.82. The first-order chi connectivity index (χ1) is 8.88. The van der Waals surface area contributed by atoms with Crippen LogP contribution in [0.25, 0.3) is 11.0 Å². The van der Waals surface area contributed by atoms with Crippen molar-refractivity contribution in [2.45, 2.75) is 13.2 Å². The highest BCUT2D eigenvalue weighted by molar-refractivity contribution is 5.80. The van der Waals surface area contributed by atoms with E-state index in [1.807, 2.05) is 41.1 Å². The molecule has 0 saturated carbocycles. The van der Waals surface area contributed by atoms with Gasteiger partial charge in [0, 0.05) is 29.5 Å². The monoisotopic (exact) mass is 239 g/mol. The normalized spacial score (nSPS) is 10.9. The highest BCUT2D eigenvalue weighted by atomic mass is 16.3. The zero-order valence-corrected chi connectivity index (χ0v) is 9.82. The molecule has 18 heavy (non-hydrogen) atoms. The van der Waals surface area contributed by atoms with Crippen LogP contribution >= 0.6 is 0 Å². The van der Waals surface area contributed by atoms with E-state index in [1.54, 1.807) is 12.4 Å². The lowest BCUT2D eigenvalue weighted by Crippen LogP contribution is -2.00. The molecule has 0 atom stereocenters. The summed E-state index contributed by atoms with van der Waals surface area (Å²) in [6.07, 6.45) is 5.48. The minimum absolute atomic E-state index is 0.0252. The molecule has 3 rings (SSSR count). The predicted molar refractivity (Wildman–Crippen MR) is 69.0 cm³/mol. The molecule has 0 fully saturated rings. The largest absolute Gasteiger partial charge is 0.392 e. The number of rotatable bonds is 3. The van der Waals surface area contributed by atoms with E-state index in [4.69, 9.17) is 0 Å². The minimum Gasteiger partial charge on any atom is -0.392 e. The smallest absolute Gasteiger partial charge is 0.140 e. The van der Waals surface area contributed by atoms with Gasteiger partial charge in [0.25, 0.3) is 0 Å². The molecule has 0 bridgehead atoms. The number of hydrogen-bond acceptors (Lipinski definition) is 3. The van der Waals surface area contributed by atoms with Gasteiger partial charge in [0.05, 0.1) is 18.8 Å². The second-order valence-electron chi connectivity index (χ2n) is 4.14. The summed E-state index contributed by atoms with van der Waals surface area (Å²) < 4.78 is 2.02. The lowest BCUT2D eigenvalue weighted by Gasteiger charge is -2.03. The van der Waals surface area contributed by atoms with Gasteiger partial charge in [0.15, 0.2) is 0 Å². The SMILES string of the molecule is OCc1cn(Cc2ccccn2)c2ncccc12. The highest BCUT2D eigenvalue weighted by Gasteiger charge is 2.08. The van der Waals surface area contributed by atoms with Crippen LogP contribution in [-0.4, -0.2) is 19.6 Å². The molecule has 0 amide bonds. The molecule has 0 saturated heterocycles. The number of hydrogen-bond donors (Lipinski definition) is 1. The highest BCUT2D eigenvalue weighted by Crippen LogP contribution is 2.19. The van der Waals surface area contributed by atoms with Crippen molar-refractivity contribution in [3.05, 3.63) is 60.2 Å². The Balaban J connectivity index is 2.07. The van der Waals surface area contributed by atoms with Gasteiger partial charge in [-0.2, -0.15) is 0 Å². The lowest BCUT2D eigenvalue weighted by molar-refractivity contribution is 0.283. The van der Waals surface area contributed by atoms with Crippen LogP contribution in [0.15, 0.2) is 48.9 Å². The molecule has 0 radical (unpaired) electrons. The van der Waals surface area contributed by atoms with Crippen molar-refractivity contribution in [3.63, 3.8) is 0 Å². The van der Waals surface area contributed by atoms with E-state index < -0.39 is 0 Å². The van der Waals surface area contributed by atoms with Crippen molar-refractivity contribution in [1.29, 1.82) is 0 Å². The molecule has 3 aromatic rings. The lowest BCUT2D eigenvalue weighted by atomic mass is 10.2. The van der Waals surface area contributed by atoms with Gasteiger partial charge in [-0.3, -0.25) is 4.98 Å². The Bertz CT molecular complexity index is 661. The summed E-state index contributed by atoms with van der Waals surface area (Å²) in [6.45, 7) is 0.686. The maximum absolute atomic E-state index is 9.36. The van der Waals surface area contributed by atoms with Gasteiger partial charge >= 0.3 is 0 Å². The molecule has 0 unspecified atom stereocenters. The minimum atomic E-state index is 0.0252. The van der Waals surface area contributed by atoms with Crippen LogP contribution in [0.5, 0.6) is 0 Å². The standard InChI is InChI=1S/C14H13N3O/c18-10-11-8-17(9-12-4-1-2-6-15-12)14-13(11)5-3-7-16-14/h1-8,18H,9-10H2. The number of nitrogens with zero attached hydrogens (tertiary/aromatic N) is 3. The third kappa shape index (κ3) is 1.87. The Morgan fingerprint density at radius 3 is 2.72 bits per heavy atom. The van der Waals surface area contributed by atoms with E-state index in [0.29, 0.717) is 6.54 Å². The van der Waals surface area contributed by atoms with E-state index in [2.05, 4.69) is 9.97 Å². The van der Waals surface area contributed by atoms with Crippen molar-refractivity contribution in [3.8, 4) is 0 Å². The van der Waals surface area contributed by atoms with Crippen LogP contribution in [0.1, 0.15) is 11.3 Å². The van der Waals surface area contributed by atoms with E-state index in [1.165, 1.54) is 0 Å². The fourth-order valence-corrected chi connectivity index (χ4v) is 2.11. The third-order valence-corrected chi connectivity index (χ3v) is 2.95. The number of aliphatic hydroxyl groups is 1. The number of pyridine rings is 2. The molecule has 90 valence electrons. The first-order valence-electron chi connectivity index (χ1n) is 5.82. The van der Waals surface area contributed by atoms with Gasteiger partial charge in [-0.15, -0.1) is 0 Å². The molecule has 3 heterocycles. The summed E-state index contributed by atoms with van der Waals surface area (Å²) >= 11 is 0. The van der Waals surface area contributed by atoms with Crippen molar-refractivity contribution in [1.82, 2.24) is 14.5 Å². The average Bonchev–Trinajstić information content (AvgIpc) is 2.78. The third-order valence-electron chi connectivity index (χ3n) is 2.95. The number of fused-ring (bicyclic) bond motifs is 1. The van der Waals surface area contributed by atoms with Gasteiger partial charge in [-0.1, -0.05) is 6.07 Å². The Hall–Kier alpha value is -2.20. The average molecular weight is 239 g/mol. The van der Waals surface area contributed by atoms with Gasteiger partial charge < -0.3 is 9.67 Å². The molecule has 3 aromatic heterocycles. The van der Waals surface area contributed by atoms with Gasteiger partial charge in [-0.05, 0) is 24.3 Å². The van der Waals surface area contributed by atoms with Crippen LogP contribution in [0, 0.1) is 0 Å². The molecule has 0 aromatic carbocycles. The summed E-state index contributed by atoms with van der Waals surface area (Å²) in [4.78, 5) is 8.67. The van der Waals surface area contributed by atoms with Crippen LogP contribution in [0.3, 0.4) is 0 Å². The molecule has 0 spiro atoms. The second-order valence-corrected chi connectivity index (χ2v) is 4.14. The molecule has 1 N–H and O–H groups in total. The molecule has 0 aliphatic heterocycles. The molecule has 0 aliphatic carbocycles. The predicted octanol–water partition coefficient (Wildman–Crippen LogP) is 1.97. The van der Waals surface area contributed by atoms with Crippen LogP contribution in [0.2, 0.25) is 0 Å². The summed E-state index contributed by atoms with van der Waals surface area (Å²) in [5.41, 5.74) is 2.76. The van der Waals surface area contributed by atoms with Crippen molar-refractivity contribution < 1.29 is 5.11 Å². The van der Waals surface area contributed by atoms with Gasteiger partial charge in [0.1, 0.15) is 5.65 Å². The fraction of sp³-hybridized carbons (Fsp3) is 0.143. The maximum Gasteiger partial charge on any atom is 0.140 e. The topological polar surface area (TPSA) is 50.9 Å². The summed E-state index contributed by atoms with van der Waals surface area (Å²) in [7, 11) is 0. The van der Waals surface area contributed by atoms with E-state index in [9.17, 15) is 5.11 Å². The van der Waals surface area contributed by atoms with Gasteiger partial charge in [-0.25, -0.2) is 4.98 Å². The summed E-state index contributed by atoms with van der Waals surface area (Å²) in [6, 6.07) is 9.70. The first kappa shape index (κ1) is 10.9. The Morgan fingerprint density at radius 2 is 1.94 bits per heavy atom. The van der Waals surface area contributed by atoms with Gasteiger partial charge in [0.2, 0.25) is 0 Å². The Labute approximate surface area is 105 Å². The summed E-state index contributed by atoms with van der Waals surface area (Å²) in [5.74, 6) is 0. The Morgan fingerprint density at radius 1 is 1.06 bits per heavy atom. The quantitative estimate of drug-likeness (QED) is 0.760. The number of aliphatic hydroxyl groups excluding tert-OH is 1. The van der Waals surface area contributed by atoms with E-state index in [0.717, 1.165) is 22.3 Å². The fourth-order valence-electron chi connectivity index (χ4n) is 2.11. The second kappa shape index (κ2) is 4.58. The van der Waals surface area contributed by atoms with Crippen LogP contribution in [-0.2, 0) is 13.2 Å². The van der Waals surface area contributed by atoms with E-state index in [-0.39, 0.29) is 6.61 Å². The van der Waals surface area contributed by atoms with Crippen molar-refractivity contribution in [2.24, 2.45) is 0 Å². The number of aromatic nitrogens is 3.